The Balaban J connectivity index is 0.000000613. The van der Waals surface area contributed by atoms with E-state index >= 15 is 0 Å². The Kier molecular flexibility index (Phi) is 6.45. The first-order valence-electron chi connectivity index (χ1n) is 8.02. The van der Waals surface area contributed by atoms with Gasteiger partial charge in [0.1, 0.15) is 5.82 Å². The quantitative estimate of drug-likeness (QED) is 0.278. The normalized spacial score (nSPS) is 10.5. The Morgan fingerprint density at radius 2 is 1.65 bits per heavy atom. The van der Waals surface area contributed by atoms with Gasteiger partial charge in [-0.3, -0.25) is 0 Å². The van der Waals surface area contributed by atoms with Crippen molar-refractivity contribution in [2.45, 2.75) is 13.8 Å². The molecule has 0 saturated carbocycles. The van der Waals surface area contributed by atoms with E-state index in [0.717, 1.165) is 28.2 Å². The summed E-state index contributed by atoms with van der Waals surface area (Å²) in [5, 5.41) is 2.33. The zero-order valence-corrected chi connectivity index (χ0v) is 18.3. The van der Waals surface area contributed by atoms with Crippen molar-refractivity contribution in [1.29, 1.82) is 0 Å². The Labute approximate surface area is 170 Å². The number of hydrogen-bond acceptors (Lipinski definition) is 1. The van der Waals surface area contributed by atoms with Gasteiger partial charge in [-0.2, -0.15) is 0 Å². The van der Waals surface area contributed by atoms with Gasteiger partial charge in [0.25, 0.3) is 0 Å². The number of hydrogen-bond donors (Lipinski definition) is 0. The van der Waals surface area contributed by atoms with E-state index in [1.165, 1.54) is 28.5 Å². The molecule has 132 valence electrons. The third-order valence-corrected chi connectivity index (χ3v) is 4.26. The van der Waals surface area contributed by atoms with E-state index in [1.807, 2.05) is 31.2 Å². The first kappa shape index (κ1) is 19.5. The van der Waals surface area contributed by atoms with Crippen LogP contribution >= 0.6 is 17.0 Å². The standard InChI is InChI=1S/C21H16FO.2ClH.Zr/c1-13-3-5-16-11-17(20-10-4-14(2)23-20)12-19(16)21(13)15-6-8-18(22)9-7-15;;;/h3-12H,1-2H3;2*1H;/q-1;;;+2/p-2. The van der Waals surface area contributed by atoms with Gasteiger partial charge in [0.05, 0.1) is 11.5 Å². The van der Waals surface area contributed by atoms with Gasteiger partial charge >= 0.3 is 37.9 Å². The predicted octanol–water partition coefficient (Wildman–Crippen LogP) is 7.62. The molecular formula is C21H16Cl2FOZr-. The first-order valence-corrected chi connectivity index (χ1v) is 14.4. The van der Waals surface area contributed by atoms with Crippen LogP contribution in [0.5, 0.6) is 0 Å². The number of furan rings is 1. The molecule has 26 heavy (non-hydrogen) atoms. The van der Waals surface area contributed by atoms with Crippen molar-refractivity contribution < 1.29 is 29.7 Å². The third-order valence-electron chi connectivity index (χ3n) is 4.26. The van der Waals surface area contributed by atoms with E-state index in [-0.39, 0.29) is 5.82 Å². The van der Waals surface area contributed by atoms with E-state index in [4.69, 9.17) is 21.4 Å². The predicted molar refractivity (Wildman–Crippen MR) is 104 cm³/mol. The third kappa shape index (κ3) is 4.17. The van der Waals surface area contributed by atoms with Crippen molar-refractivity contribution in [2.75, 3.05) is 0 Å². The molecule has 0 aliphatic heterocycles. The summed E-state index contributed by atoms with van der Waals surface area (Å²) >= 11 is -0.826. The summed E-state index contributed by atoms with van der Waals surface area (Å²) in [6, 6.07) is 19.2. The van der Waals surface area contributed by atoms with Gasteiger partial charge in [-0.15, -0.1) is 29.0 Å². The van der Waals surface area contributed by atoms with E-state index < -0.39 is 20.8 Å². The van der Waals surface area contributed by atoms with Crippen LogP contribution in [0.2, 0.25) is 0 Å². The van der Waals surface area contributed by atoms with Crippen LogP contribution in [0, 0.1) is 19.7 Å². The second-order valence-electron chi connectivity index (χ2n) is 5.99. The van der Waals surface area contributed by atoms with E-state index in [0.29, 0.717) is 0 Å². The summed E-state index contributed by atoms with van der Waals surface area (Å²) in [5.41, 5.74) is 4.43. The molecule has 1 nitrogen and oxygen atoms in total. The molecule has 0 unspecified atom stereocenters. The maximum absolute atomic E-state index is 13.2. The fraction of sp³-hybridized carbons (Fsp3) is 0.0952. The summed E-state index contributed by atoms with van der Waals surface area (Å²) in [4.78, 5) is 0. The van der Waals surface area contributed by atoms with Crippen molar-refractivity contribution in [3.05, 3.63) is 77.8 Å². The summed E-state index contributed by atoms with van der Waals surface area (Å²) in [7, 11) is 9.87. The van der Waals surface area contributed by atoms with Gasteiger partial charge in [0.2, 0.25) is 0 Å². The van der Waals surface area contributed by atoms with Crippen LogP contribution in [0.1, 0.15) is 11.3 Å². The Morgan fingerprint density at radius 1 is 0.962 bits per heavy atom. The molecule has 0 spiro atoms. The molecule has 0 N–H and O–H groups in total. The van der Waals surface area contributed by atoms with E-state index in [9.17, 15) is 4.39 Å². The van der Waals surface area contributed by atoms with Crippen LogP contribution in [-0.4, -0.2) is 0 Å². The van der Waals surface area contributed by atoms with Crippen LogP contribution in [0.4, 0.5) is 4.39 Å². The van der Waals surface area contributed by atoms with E-state index in [1.54, 1.807) is 0 Å². The van der Waals surface area contributed by atoms with Crippen LogP contribution in [0.25, 0.3) is 33.2 Å². The van der Waals surface area contributed by atoms with Crippen molar-refractivity contribution >= 4 is 27.8 Å². The van der Waals surface area contributed by atoms with Gasteiger partial charge in [-0.1, -0.05) is 29.3 Å². The minimum atomic E-state index is -0.826. The van der Waals surface area contributed by atoms with Crippen LogP contribution in [-0.2, 0) is 20.8 Å². The molecule has 3 aromatic carbocycles. The van der Waals surface area contributed by atoms with Gasteiger partial charge in [-0.05, 0) is 49.2 Å². The topological polar surface area (TPSA) is 13.1 Å². The molecular weight excluding hydrogens is 449 g/mol. The number of fused-ring (bicyclic) bond motifs is 1. The average Bonchev–Trinajstić information content (AvgIpc) is 3.23. The molecule has 5 heteroatoms. The fourth-order valence-electron chi connectivity index (χ4n) is 3.12. The monoisotopic (exact) mass is 463 g/mol. The Hall–Kier alpha value is -1.28. The van der Waals surface area contributed by atoms with Crippen molar-refractivity contribution in [2.24, 2.45) is 0 Å². The molecule has 0 atom stereocenters. The van der Waals surface area contributed by atoms with Crippen molar-refractivity contribution in [3.63, 3.8) is 0 Å². The zero-order chi connectivity index (χ0) is 18.7. The van der Waals surface area contributed by atoms with Crippen molar-refractivity contribution in [3.8, 4) is 22.5 Å². The van der Waals surface area contributed by atoms with Crippen LogP contribution in [0.3, 0.4) is 0 Å². The Morgan fingerprint density at radius 3 is 2.27 bits per heavy atom. The zero-order valence-electron chi connectivity index (χ0n) is 14.3. The second-order valence-corrected chi connectivity index (χ2v) is 9.72. The SMILES string of the molecule is Cc1ccc(-c2cc3c(-c4ccc(F)cc4)c(C)ccc3[cH-]2)o1.[Cl][Zr][Cl]. The average molecular weight is 465 g/mol. The summed E-state index contributed by atoms with van der Waals surface area (Å²) < 4.78 is 19.0. The van der Waals surface area contributed by atoms with Gasteiger partial charge in [0.15, 0.2) is 0 Å². The Bertz CT molecular complexity index is 1020. The van der Waals surface area contributed by atoms with Gasteiger partial charge < -0.3 is 4.42 Å². The summed E-state index contributed by atoms with van der Waals surface area (Å²) in [6.07, 6.45) is 0. The number of rotatable bonds is 2. The summed E-state index contributed by atoms with van der Waals surface area (Å²) in [6.45, 7) is 4.03. The van der Waals surface area contributed by atoms with Gasteiger partial charge in [0, 0.05) is 0 Å². The van der Waals surface area contributed by atoms with Gasteiger partial charge in [-0.25, -0.2) is 4.39 Å². The molecule has 0 bridgehead atoms. The number of halogens is 3. The fourth-order valence-corrected chi connectivity index (χ4v) is 3.12. The molecule has 0 aliphatic rings. The molecule has 1 heterocycles. The molecule has 1 aromatic heterocycles. The summed E-state index contributed by atoms with van der Waals surface area (Å²) in [5.74, 6) is 1.56. The molecule has 4 rings (SSSR count). The van der Waals surface area contributed by atoms with Crippen LogP contribution < -0.4 is 0 Å². The molecule has 0 radical (unpaired) electrons. The number of aryl methyl sites for hydroxylation is 2. The maximum atomic E-state index is 13.2. The molecule has 0 amide bonds. The number of benzene rings is 2. The second kappa shape index (κ2) is 8.61. The van der Waals surface area contributed by atoms with E-state index in [2.05, 4.69) is 31.2 Å². The first-order chi connectivity index (χ1) is 12.5. The van der Waals surface area contributed by atoms with Crippen LogP contribution in [0.15, 0.2) is 65.1 Å². The molecule has 0 fully saturated rings. The molecule has 0 saturated heterocycles. The minimum absolute atomic E-state index is 0.215. The molecule has 4 aromatic rings. The molecule has 0 aliphatic carbocycles. The van der Waals surface area contributed by atoms with Crippen molar-refractivity contribution in [1.82, 2.24) is 0 Å².